The number of anilines is 1. The minimum atomic E-state index is -1.03. The van der Waals surface area contributed by atoms with Gasteiger partial charge in [0.05, 0.1) is 0 Å². The number of carbonyl (C=O) groups is 2. The van der Waals surface area contributed by atoms with Crippen molar-refractivity contribution in [1.82, 2.24) is 5.32 Å². The number of benzene rings is 1. The smallest absolute Gasteiger partial charge is 0.326 e. The molecule has 19 heavy (non-hydrogen) atoms. The molecule has 1 atom stereocenters. The van der Waals surface area contributed by atoms with Crippen LogP contribution in [0.5, 0.6) is 0 Å². The number of carbonyl (C=O) groups excluding carboxylic acids is 1. The number of hydrogen-bond donors (Lipinski definition) is 3. The third-order valence-corrected chi connectivity index (χ3v) is 2.99. The number of urea groups is 1. The Morgan fingerprint density at radius 1 is 1.32 bits per heavy atom. The van der Waals surface area contributed by atoms with E-state index in [1.165, 1.54) is 0 Å². The Labute approximate surface area is 113 Å². The molecular weight excluding hydrogens is 244 g/mol. The fourth-order valence-electron chi connectivity index (χ4n) is 1.85. The maximum Gasteiger partial charge on any atom is 0.326 e. The molecular formula is C14H20N2O3. The Morgan fingerprint density at radius 3 is 2.53 bits per heavy atom. The first-order chi connectivity index (χ1) is 8.99. The van der Waals surface area contributed by atoms with Crippen LogP contribution in [0.4, 0.5) is 10.5 Å². The molecule has 0 bridgehead atoms. The van der Waals surface area contributed by atoms with Gasteiger partial charge < -0.3 is 15.7 Å². The van der Waals surface area contributed by atoms with Crippen LogP contribution in [0.25, 0.3) is 0 Å². The molecule has 0 saturated carbocycles. The maximum atomic E-state index is 11.8. The number of aliphatic carboxylic acids is 1. The lowest BCUT2D eigenvalue weighted by Crippen LogP contribution is -2.42. The summed E-state index contributed by atoms with van der Waals surface area (Å²) in [4.78, 5) is 22.7. The van der Waals surface area contributed by atoms with Crippen LogP contribution in [-0.4, -0.2) is 23.1 Å². The highest BCUT2D eigenvalue weighted by molar-refractivity contribution is 5.93. The summed E-state index contributed by atoms with van der Waals surface area (Å²) in [7, 11) is 0. The number of aryl methyl sites for hydroxylation is 2. The van der Waals surface area contributed by atoms with Gasteiger partial charge in [-0.1, -0.05) is 32.0 Å². The number of nitrogens with one attached hydrogen (secondary N) is 2. The molecule has 1 unspecified atom stereocenters. The standard InChI is InChI=1S/C14H20N2O3/c1-4-10-8-6-7-9(3)12(10)16-14(19)15-11(5-2)13(17)18/h6-8,11H,4-5H2,1-3H3,(H,17,18)(H2,15,16,19). The first-order valence-electron chi connectivity index (χ1n) is 6.38. The van der Waals surface area contributed by atoms with Crippen molar-refractivity contribution in [3.05, 3.63) is 29.3 Å². The number of rotatable bonds is 5. The van der Waals surface area contributed by atoms with Crippen molar-refractivity contribution in [2.45, 2.75) is 39.7 Å². The summed E-state index contributed by atoms with van der Waals surface area (Å²) in [6, 6.07) is 4.43. The van der Waals surface area contributed by atoms with E-state index in [4.69, 9.17) is 5.11 Å². The van der Waals surface area contributed by atoms with Gasteiger partial charge in [-0.3, -0.25) is 0 Å². The lowest BCUT2D eigenvalue weighted by molar-refractivity contribution is -0.139. The summed E-state index contributed by atoms with van der Waals surface area (Å²) in [6.45, 7) is 5.62. The third kappa shape index (κ3) is 3.98. The van der Waals surface area contributed by atoms with E-state index in [9.17, 15) is 9.59 Å². The van der Waals surface area contributed by atoms with Crippen LogP contribution >= 0.6 is 0 Å². The molecule has 0 spiro atoms. The lowest BCUT2D eigenvalue weighted by atomic mass is 10.1. The van der Waals surface area contributed by atoms with E-state index in [0.717, 1.165) is 23.2 Å². The minimum Gasteiger partial charge on any atom is -0.480 e. The summed E-state index contributed by atoms with van der Waals surface area (Å²) in [5, 5.41) is 14.1. The summed E-state index contributed by atoms with van der Waals surface area (Å²) < 4.78 is 0. The third-order valence-electron chi connectivity index (χ3n) is 2.99. The maximum absolute atomic E-state index is 11.8. The van der Waals surface area contributed by atoms with E-state index in [1.807, 2.05) is 32.0 Å². The normalized spacial score (nSPS) is 11.7. The van der Waals surface area contributed by atoms with Crippen LogP contribution in [0.3, 0.4) is 0 Å². The molecule has 3 N–H and O–H groups in total. The van der Waals surface area contributed by atoms with Crippen molar-refractivity contribution in [2.24, 2.45) is 0 Å². The Hall–Kier alpha value is -2.04. The van der Waals surface area contributed by atoms with E-state index < -0.39 is 18.0 Å². The van der Waals surface area contributed by atoms with Gasteiger partial charge in [-0.05, 0) is 30.9 Å². The summed E-state index contributed by atoms with van der Waals surface area (Å²) in [6.07, 6.45) is 1.14. The number of carboxylic acids is 1. The van der Waals surface area contributed by atoms with Gasteiger partial charge >= 0.3 is 12.0 Å². The van der Waals surface area contributed by atoms with Crippen LogP contribution in [0.1, 0.15) is 31.4 Å². The number of hydrogen-bond acceptors (Lipinski definition) is 2. The van der Waals surface area contributed by atoms with Crippen molar-refractivity contribution in [2.75, 3.05) is 5.32 Å². The van der Waals surface area contributed by atoms with Crippen LogP contribution in [-0.2, 0) is 11.2 Å². The number of para-hydroxylation sites is 1. The van der Waals surface area contributed by atoms with E-state index in [1.54, 1.807) is 6.92 Å². The highest BCUT2D eigenvalue weighted by atomic mass is 16.4. The van der Waals surface area contributed by atoms with Gasteiger partial charge in [-0.15, -0.1) is 0 Å². The Bertz CT molecular complexity index is 472. The second-order valence-electron chi connectivity index (χ2n) is 4.36. The quantitative estimate of drug-likeness (QED) is 0.764. The van der Waals surface area contributed by atoms with E-state index >= 15 is 0 Å². The highest BCUT2D eigenvalue weighted by Crippen LogP contribution is 2.20. The Balaban J connectivity index is 2.80. The fourth-order valence-corrected chi connectivity index (χ4v) is 1.85. The molecule has 0 heterocycles. The molecule has 5 heteroatoms. The average Bonchev–Trinajstić information content (AvgIpc) is 2.38. The van der Waals surface area contributed by atoms with Crippen molar-refractivity contribution < 1.29 is 14.7 Å². The number of amides is 2. The first-order valence-corrected chi connectivity index (χ1v) is 6.38. The van der Waals surface area contributed by atoms with Crippen molar-refractivity contribution >= 4 is 17.7 Å². The summed E-state index contributed by atoms with van der Waals surface area (Å²) in [5.41, 5.74) is 2.74. The zero-order valence-electron chi connectivity index (χ0n) is 11.5. The molecule has 0 fully saturated rings. The molecule has 0 aliphatic heterocycles. The predicted octanol–water partition coefficient (Wildman–Crippen LogP) is 2.54. The molecule has 1 rings (SSSR count). The van der Waals surface area contributed by atoms with Gasteiger partial charge in [-0.2, -0.15) is 0 Å². The van der Waals surface area contributed by atoms with Crippen LogP contribution < -0.4 is 10.6 Å². The molecule has 0 aromatic heterocycles. The molecule has 0 saturated heterocycles. The largest absolute Gasteiger partial charge is 0.480 e. The zero-order chi connectivity index (χ0) is 14.4. The van der Waals surface area contributed by atoms with Gasteiger partial charge in [0.1, 0.15) is 6.04 Å². The average molecular weight is 264 g/mol. The SMILES string of the molecule is CCc1cccc(C)c1NC(=O)NC(CC)C(=O)O. The Morgan fingerprint density at radius 2 is 2.00 bits per heavy atom. The molecule has 0 aliphatic rings. The fraction of sp³-hybridized carbons (Fsp3) is 0.429. The molecule has 1 aromatic rings. The van der Waals surface area contributed by atoms with Gasteiger partial charge in [-0.25, -0.2) is 9.59 Å². The number of carboxylic acid groups (broad SMARTS) is 1. The predicted molar refractivity (Wildman–Crippen MR) is 74.4 cm³/mol. The van der Waals surface area contributed by atoms with E-state index in [2.05, 4.69) is 10.6 Å². The molecule has 0 radical (unpaired) electrons. The molecule has 1 aromatic carbocycles. The van der Waals surface area contributed by atoms with Crippen molar-refractivity contribution in [3.8, 4) is 0 Å². The van der Waals surface area contributed by atoms with Crippen LogP contribution in [0.2, 0.25) is 0 Å². The molecule has 2 amide bonds. The summed E-state index contributed by atoms with van der Waals surface area (Å²) >= 11 is 0. The van der Waals surface area contributed by atoms with Gasteiger partial charge in [0.25, 0.3) is 0 Å². The lowest BCUT2D eigenvalue weighted by Gasteiger charge is -2.16. The second-order valence-corrected chi connectivity index (χ2v) is 4.36. The van der Waals surface area contributed by atoms with E-state index in [0.29, 0.717) is 6.42 Å². The minimum absolute atomic E-state index is 0.344. The molecule has 0 aliphatic carbocycles. The zero-order valence-corrected chi connectivity index (χ0v) is 11.5. The van der Waals surface area contributed by atoms with Crippen LogP contribution in [0, 0.1) is 6.92 Å². The topological polar surface area (TPSA) is 78.4 Å². The van der Waals surface area contributed by atoms with Crippen molar-refractivity contribution in [1.29, 1.82) is 0 Å². The molecule has 5 nitrogen and oxygen atoms in total. The second kappa shape index (κ2) is 6.78. The highest BCUT2D eigenvalue weighted by Gasteiger charge is 2.18. The first kappa shape index (κ1) is 15.0. The Kier molecular flexibility index (Phi) is 5.36. The van der Waals surface area contributed by atoms with Crippen LogP contribution in [0.15, 0.2) is 18.2 Å². The van der Waals surface area contributed by atoms with Gasteiger partial charge in [0.2, 0.25) is 0 Å². The van der Waals surface area contributed by atoms with Gasteiger partial charge in [0, 0.05) is 5.69 Å². The summed E-state index contributed by atoms with van der Waals surface area (Å²) in [5.74, 6) is -1.03. The van der Waals surface area contributed by atoms with Crippen molar-refractivity contribution in [3.63, 3.8) is 0 Å². The van der Waals surface area contributed by atoms with E-state index in [-0.39, 0.29) is 0 Å². The molecule has 104 valence electrons. The van der Waals surface area contributed by atoms with Gasteiger partial charge in [0.15, 0.2) is 0 Å². The monoisotopic (exact) mass is 264 g/mol.